The molecular weight excluding hydrogens is 196 g/mol. The van der Waals surface area contributed by atoms with Gasteiger partial charge in [-0.2, -0.15) is 0 Å². The average molecular weight is 209 g/mol. The van der Waals surface area contributed by atoms with Gasteiger partial charge in [0.25, 0.3) is 0 Å². The quantitative estimate of drug-likeness (QED) is 0.596. The fraction of sp³-hybridized carbons (Fsp3) is 0.333. The van der Waals surface area contributed by atoms with Gasteiger partial charge in [0.15, 0.2) is 0 Å². The molecule has 0 radical (unpaired) electrons. The predicted octanol–water partition coefficient (Wildman–Crippen LogP) is 2.53. The summed E-state index contributed by atoms with van der Waals surface area (Å²) in [6.07, 6.45) is 6.00. The maximum absolute atomic E-state index is 10.3. The lowest BCUT2D eigenvalue weighted by molar-refractivity contribution is 0.0388. The van der Waals surface area contributed by atoms with Crippen LogP contribution in [0.1, 0.15) is 18.4 Å². The standard InChI is InChI=1S/C12H13ClO/c1-2-8-12(14,9-10-13)11-6-4-3-5-7-11/h1,3-7,14H,8-10H2. The molecule has 1 aromatic carbocycles. The molecule has 0 fully saturated rings. The van der Waals surface area contributed by atoms with Crippen molar-refractivity contribution in [1.82, 2.24) is 0 Å². The Balaban J connectivity index is 2.94. The molecule has 1 nitrogen and oxygen atoms in total. The van der Waals surface area contributed by atoms with Crippen molar-refractivity contribution in [2.75, 3.05) is 5.88 Å². The molecule has 1 atom stereocenters. The molecule has 1 unspecified atom stereocenters. The third-order valence-corrected chi connectivity index (χ3v) is 2.40. The normalized spacial score (nSPS) is 14.4. The van der Waals surface area contributed by atoms with Crippen molar-refractivity contribution in [3.05, 3.63) is 35.9 Å². The maximum Gasteiger partial charge on any atom is 0.102 e. The van der Waals surface area contributed by atoms with Crippen LogP contribution < -0.4 is 0 Å². The first kappa shape index (κ1) is 11.1. The van der Waals surface area contributed by atoms with Crippen molar-refractivity contribution in [1.29, 1.82) is 0 Å². The van der Waals surface area contributed by atoms with Gasteiger partial charge in [-0.05, 0) is 12.0 Å². The summed E-state index contributed by atoms with van der Waals surface area (Å²) < 4.78 is 0. The molecule has 0 heterocycles. The number of hydrogen-bond acceptors (Lipinski definition) is 1. The molecule has 0 spiro atoms. The van der Waals surface area contributed by atoms with Crippen molar-refractivity contribution in [2.24, 2.45) is 0 Å². The third-order valence-electron chi connectivity index (χ3n) is 2.21. The van der Waals surface area contributed by atoms with Crippen LogP contribution in [-0.4, -0.2) is 11.0 Å². The zero-order valence-electron chi connectivity index (χ0n) is 7.91. The highest BCUT2D eigenvalue weighted by atomic mass is 35.5. The van der Waals surface area contributed by atoms with Crippen LogP contribution in [0, 0.1) is 12.3 Å². The van der Waals surface area contributed by atoms with Crippen LogP contribution in [0.2, 0.25) is 0 Å². The first-order valence-electron chi connectivity index (χ1n) is 4.50. The van der Waals surface area contributed by atoms with E-state index in [4.69, 9.17) is 18.0 Å². The lowest BCUT2D eigenvalue weighted by Gasteiger charge is -2.25. The topological polar surface area (TPSA) is 20.2 Å². The van der Waals surface area contributed by atoms with Gasteiger partial charge in [-0.25, -0.2) is 0 Å². The molecule has 0 aliphatic carbocycles. The number of aliphatic hydroxyl groups is 1. The summed E-state index contributed by atoms with van der Waals surface area (Å²) in [5.41, 5.74) is -0.142. The Hall–Kier alpha value is -0.970. The van der Waals surface area contributed by atoms with E-state index in [2.05, 4.69) is 5.92 Å². The first-order chi connectivity index (χ1) is 6.73. The second-order valence-corrected chi connectivity index (χ2v) is 3.60. The van der Waals surface area contributed by atoms with Gasteiger partial charge in [0.2, 0.25) is 0 Å². The van der Waals surface area contributed by atoms with Gasteiger partial charge in [-0.3, -0.25) is 0 Å². The fourth-order valence-corrected chi connectivity index (χ4v) is 1.72. The Morgan fingerprint density at radius 1 is 1.36 bits per heavy atom. The van der Waals surface area contributed by atoms with E-state index in [1.54, 1.807) is 0 Å². The van der Waals surface area contributed by atoms with Gasteiger partial charge in [-0.1, -0.05) is 30.3 Å². The lowest BCUT2D eigenvalue weighted by atomic mass is 9.88. The maximum atomic E-state index is 10.3. The molecule has 0 amide bonds. The second kappa shape index (κ2) is 5.05. The van der Waals surface area contributed by atoms with Gasteiger partial charge in [-0.15, -0.1) is 23.9 Å². The largest absolute Gasteiger partial charge is 0.384 e. The minimum Gasteiger partial charge on any atom is -0.384 e. The molecule has 0 aliphatic rings. The van der Waals surface area contributed by atoms with Crippen LogP contribution in [0.5, 0.6) is 0 Å². The fourth-order valence-electron chi connectivity index (χ4n) is 1.41. The summed E-state index contributed by atoms with van der Waals surface area (Å²) in [6, 6.07) is 9.39. The molecule has 0 aliphatic heterocycles. The average Bonchev–Trinajstić information content (AvgIpc) is 2.20. The third kappa shape index (κ3) is 2.51. The Labute approximate surface area is 89.7 Å². The molecule has 0 saturated carbocycles. The van der Waals surface area contributed by atoms with Gasteiger partial charge >= 0.3 is 0 Å². The second-order valence-electron chi connectivity index (χ2n) is 3.22. The van der Waals surface area contributed by atoms with Crippen LogP contribution in [0.25, 0.3) is 0 Å². The highest BCUT2D eigenvalue weighted by molar-refractivity contribution is 6.17. The molecule has 0 saturated heterocycles. The first-order valence-corrected chi connectivity index (χ1v) is 5.04. The minimum atomic E-state index is -0.974. The van der Waals surface area contributed by atoms with E-state index in [-0.39, 0.29) is 0 Å². The SMILES string of the molecule is C#CCC(O)(CCCl)c1ccccc1. The van der Waals surface area contributed by atoms with Gasteiger partial charge in [0.1, 0.15) is 5.60 Å². The van der Waals surface area contributed by atoms with E-state index in [1.807, 2.05) is 30.3 Å². The van der Waals surface area contributed by atoms with E-state index in [0.717, 1.165) is 5.56 Å². The Bertz CT molecular complexity index is 315. The Morgan fingerprint density at radius 3 is 2.50 bits per heavy atom. The molecule has 1 N–H and O–H groups in total. The number of rotatable bonds is 4. The molecular formula is C12H13ClO. The Morgan fingerprint density at radius 2 is 2.00 bits per heavy atom. The van der Waals surface area contributed by atoms with Crippen LogP contribution in [0.3, 0.4) is 0 Å². The summed E-state index contributed by atoms with van der Waals surface area (Å²) in [7, 11) is 0. The van der Waals surface area contributed by atoms with Crippen LogP contribution in [-0.2, 0) is 5.60 Å². The van der Waals surface area contributed by atoms with Crippen molar-refractivity contribution in [2.45, 2.75) is 18.4 Å². The molecule has 74 valence electrons. The summed E-state index contributed by atoms with van der Waals surface area (Å²) in [5, 5.41) is 10.3. The van der Waals surface area contributed by atoms with E-state index < -0.39 is 5.60 Å². The number of halogens is 1. The van der Waals surface area contributed by atoms with Gasteiger partial charge in [0, 0.05) is 12.3 Å². The highest BCUT2D eigenvalue weighted by Gasteiger charge is 2.27. The summed E-state index contributed by atoms with van der Waals surface area (Å²) >= 11 is 5.64. The smallest absolute Gasteiger partial charge is 0.102 e. The Kier molecular flexibility index (Phi) is 4.00. The predicted molar refractivity (Wildman–Crippen MR) is 59.1 cm³/mol. The van der Waals surface area contributed by atoms with Crippen molar-refractivity contribution in [3.8, 4) is 12.3 Å². The van der Waals surface area contributed by atoms with E-state index in [1.165, 1.54) is 0 Å². The molecule has 1 aromatic rings. The van der Waals surface area contributed by atoms with Crippen molar-refractivity contribution < 1.29 is 5.11 Å². The highest BCUT2D eigenvalue weighted by Crippen LogP contribution is 2.28. The lowest BCUT2D eigenvalue weighted by Crippen LogP contribution is -2.25. The molecule has 2 heteroatoms. The van der Waals surface area contributed by atoms with E-state index in [0.29, 0.717) is 18.7 Å². The van der Waals surface area contributed by atoms with Gasteiger partial charge in [0.05, 0.1) is 0 Å². The monoisotopic (exact) mass is 208 g/mol. The summed E-state index contributed by atoms with van der Waals surface area (Å²) in [4.78, 5) is 0. The van der Waals surface area contributed by atoms with Crippen LogP contribution in [0.15, 0.2) is 30.3 Å². The molecule has 14 heavy (non-hydrogen) atoms. The zero-order valence-corrected chi connectivity index (χ0v) is 8.67. The summed E-state index contributed by atoms with van der Waals surface area (Å²) in [6.45, 7) is 0. The number of terminal acetylenes is 1. The van der Waals surface area contributed by atoms with Crippen LogP contribution in [0.4, 0.5) is 0 Å². The minimum absolute atomic E-state index is 0.295. The molecule has 0 bridgehead atoms. The molecule has 1 rings (SSSR count). The van der Waals surface area contributed by atoms with E-state index in [9.17, 15) is 5.11 Å². The number of alkyl halides is 1. The van der Waals surface area contributed by atoms with Crippen molar-refractivity contribution >= 4 is 11.6 Å². The summed E-state index contributed by atoms with van der Waals surface area (Å²) in [5.74, 6) is 2.88. The van der Waals surface area contributed by atoms with Crippen LogP contribution >= 0.6 is 11.6 Å². The molecule has 0 aromatic heterocycles. The number of benzene rings is 1. The van der Waals surface area contributed by atoms with Crippen molar-refractivity contribution in [3.63, 3.8) is 0 Å². The van der Waals surface area contributed by atoms with E-state index >= 15 is 0 Å². The zero-order chi connectivity index (χ0) is 10.4. The number of hydrogen-bond donors (Lipinski definition) is 1. The van der Waals surface area contributed by atoms with Gasteiger partial charge < -0.3 is 5.11 Å².